The summed E-state index contributed by atoms with van der Waals surface area (Å²) in [7, 11) is 1.64. The molecule has 0 aliphatic carbocycles. The molecule has 0 saturated carbocycles. The number of hydrazine groups is 1. The molecule has 2 aromatic carbocycles. The van der Waals surface area contributed by atoms with Gasteiger partial charge in [0.1, 0.15) is 0 Å². The predicted molar refractivity (Wildman–Crippen MR) is 105 cm³/mol. The van der Waals surface area contributed by atoms with Gasteiger partial charge in [0.25, 0.3) is 11.8 Å². The van der Waals surface area contributed by atoms with Gasteiger partial charge in [-0.15, -0.1) is 0 Å². The van der Waals surface area contributed by atoms with Crippen molar-refractivity contribution in [1.82, 2.24) is 10.0 Å². The SMILES string of the molecule is CC(C)c1ccc(C(=O)N(N(C)C(=O)c2ccccc2)C(C)(C)C)cc1. The van der Waals surface area contributed by atoms with Crippen molar-refractivity contribution in [3.63, 3.8) is 0 Å². The third-order valence-electron chi connectivity index (χ3n) is 4.27. The van der Waals surface area contributed by atoms with Gasteiger partial charge in [-0.05, 0) is 56.5 Å². The fourth-order valence-corrected chi connectivity index (χ4v) is 2.88. The van der Waals surface area contributed by atoms with Crippen LogP contribution in [0.25, 0.3) is 0 Å². The van der Waals surface area contributed by atoms with E-state index >= 15 is 0 Å². The lowest BCUT2D eigenvalue weighted by Gasteiger charge is -2.41. The van der Waals surface area contributed by atoms with Crippen molar-refractivity contribution in [2.45, 2.75) is 46.1 Å². The van der Waals surface area contributed by atoms with Crippen LogP contribution < -0.4 is 0 Å². The van der Waals surface area contributed by atoms with Gasteiger partial charge >= 0.3 is 0 Å². The van der Waals surface area contributed by atoms with E-state index in [-0.39, 0.29) is 11.8 Å². The summed E-state index contributed by atoms with van der Waals surface area (Å²) in [6.45, 7) is 9.99. The zero-order chi connectivity index (χ0) is 19.5. The molecule has 2 aromatic rings. The Morgan fingerprint density at radius 2 is 1.31 bits per heavy atom. The Morgan fingerprint density at radius 3 is 1.77 bits per heavy atom. The minimum Gasteiger partial charge on any atom is -0.267 e. The Kier molecular flexibility index (Phi) is 5.86. The van der Waals surface area contributed by atoms with Crippen molar-refractivity contribution < 1.29 is 9.59 Å². The number of rotatable bonds is 3. The highest BCUT2D eigenvalue weighted by atomic mass is 16.2. The van der Waals surface area contributed by atoms with Crippen LogP contribution in [0.5, 0.6) is 0 Å². The first-order valence-corrected chi connectivity index (χ1v) is 8.90. The third kappa shape index (κ3) is 4.31. The number of benzene rings is 2. The van der Waals surface area contributed by atoms with E-state index < -0.39 is 5.54 Å². The van der Waals surface area contributed by atoms with Crippen LogP contribution in [0.1, 0.15) is 66.8 Å². The van der Waals surface area contributed by atoms with E-state index in [1.807, 2.05) is 63.2 Å². The average molecular weight is 352 g/mol. The van der Waals surface area contributed by atoms with E-state index in [1.165, 1.54) is 15.6 Å². The highest BCUT2D eigenvalue weighted by molar-refractivity contribution is 5.99. The van der Waals surface area contributed by atoms with Gasteiger partial charge in [0.15, 0.2) is 0 Å². The molecule has 0 heterocycles. The minimum atomic E-state index is -0.549. The molecule has 0 unspecified atom stereocenters. The molecule has 0 aromatic heterocycles. The maximum Gasteiger partial charge on any atom is 0.272 e. The molecule has 0 fully saturated rings. The summed E-state index contributed by atoms with van der Waals surface area (Å²) in [6, 6.07) is 16.6. The molecule has 138 valence electrons. The van der Waals surface area contributed by atoms with E-state index in [4.69, 9.17) is 0 Å². The molecule has 4 nitrogen and oxygen atoms in total. The molecule has 0 aliphatic heterocycles. The van der Waals surface area contributed by atoms with Crippen molar-refractivity contribution in [2.24, 2.45) is 0 Å². The number of hydrogen-bond acceptors (Lipinski definition) is 2. The summed E-state index contributed by atoms with van der Waals surface area (Å²) < 4.78 is 0. The molecule has 0 saturated heterocycles. The average Bonchev–Trinajstić information content (AvgIpc) is 2.60. The van der Waals surface area contributed by atoms with Crippen LogP contribution in [0.3, 0.4) is 0 Å². The first kappa shape index (κ1) is 19.7. The molecule has 0 atom stereocenters. The number of amides is 2. The number of nitrogens with zero attached hydrogens (tertiary/aromatic N) is 2. The van der Waals surface area contributed by atoms with Crippen LogP contribution in [0, 0.1) is 0 Å². The van der Waals surface area contributed by atoms with Gasteiger partial charge in [0.2, 0.25) is 0 Å². The Balaban J connectivity index is 2.35. The van der Waals surface area contributed by atoms with Crippen LogP contribution in [-0.4, -0.2) is 34.4 Å². The molecular weight excluding hydrogens is 324 g/mol. The lowest BCUT2D eigenvalue weighted by atomic mass is 10.0. The maximum absolute atomic E-state index is 13.2. The molecule has 0 radical (unpaired) electrons. The largest absolute Gasteiger partial charge is 0.272 e. The second kappa shape index (κ2) is 7.73. The van der Waals surface area contributed by atoms with E-state index in [0.29, 0.717) is 17.0 Å². The molecule has 2 amide bonds. The van der Waals surface area contributed by atoms with E-state index in [1.54, 1.807) is 19.2 Å². The van der Waals surface area contributed by atoms with Crippen LogP contribution in [0.2, 0.25) is 0 Å². The molecule has 4 heteroatoms. The number of carbonyl (C=O) groups excluding carboxylic acids is 2. The summed E-state index contributed by atoms with van der Waals surface area (Å²) >= 11 is 0. The summed E-state index contributed by atoms with van der Waals surface area (Å²) in [6.07, 6.45) is 0. The number of carbonyl (C=O) groups is 2. The van der Waals surface area contributed by atoms with E-state index in [9.17, 15) is 9.59 Å². The minimum absolute atomic E-state index is 0.195. The zero-order valence-electron chi connectivity index (χ0n) is 16.5. The topological polar surface area (TPSA) is 40.6 Å². The van der Waals surface area contributed by atoms with Gasteiger partial charge in [-0.3, -0.25) is 9.59 Å². The summed E-state index contributed by atoms with van der Waals surface area (Å²) in [5.41, 5.74) is 1.74. The predicted octanol–water partition coefficient (Wildman–Crippen LogP) is 4.74. The van der Waals surface area contributed by atoms with Crippen molar-refractivity contribution in [3.8, 4) is 0 Å². The highest BCUT2D eigenvalue weighted by Gasteiger charge is 2.33. The molecule has 0 spiro atoms. The van der Waals surface area contributed by atoms with E-state index in [2.05, 4.69) is 13.8 Å². The zero-order valence-corrected chi connectivity index (χ0v) is 16.5. The molecule has 0 aliphatic rings. The highest BCUT2D eigenvalue weighted by Crippen LogP contribution is 2.22. The monoisotopic (exact) mass is 352 g/mol. The standard InChI is InChI=1S/C22H28N2O2/c1-16(2)17-12-14-19(15-13-17)21(26)24(22(3,4)5)23(6)20(25)18-10-8-7-9-11-18/h7-16H,1-6H3. The van der Waals surface area contributed by atoms with Gasteiger partial charge in [0.05, 0.1) is 5.54 Å². The van der Waals surface area contributed by atoms with Crippen LogP contribution in [0.15, 0.2) is 54.6 Å². The second-order valence-electron chi connectivity index (χ2n) is 7.76. The summed E-state index contributed by atoms with van der Waals surface area (Å²) in [5, 5.41) is 2.93. The van der Waals surface area contributed by atoms with E-state index in [0.717, 1.165) is 0 Å². The Labute approximate surface area is 156 Å². The normalized spacial score (nSPS) is 11.3. The molecule has 26 heavy (non-hydrogen) atoms. The van der Waals surface area contributed by atoms with Gasteiger partial charge in [-0.1, -0.05) is 44.2 Å². The molecule has 0 bridgehead atoms. The maximum atomic E-state index is 13.2. The van der Waals surface area contributed by atoms with Crippen LogP contribution in [-0.2, 0) is 0 Å². The van der Waals surface area contributed by atoms with Gasteiger partial charge in [0, 0.05) is 18.2 Å². The quantitative estimate of drug-likeness (QED) is 0.749. The first-order chi connectivity index (χ1) is 12.1. The third-order valence-corrected chi connectivity index (χ3v) is 4.27. The summed E-state index contributed by atoms with van der Waals surface area (Å²) in [5.74, 6) is -0.00698. The summed E-state index contributed by atoms with van der Waals surface area (Å²) in [4.78, 5) is 26.0. The lowest BCUT2D eigenvalue weighted by Crippen LogP contribution is -2.56. The van der Waals surface area contributed by atoms with Gasteiger partial charge < -0.3 is 0 Å². The van der Waals surface area contributed by atoms with Crippen molar-refractivity contribution in [1.29, 1.82) is 0 Å². The van der Waals surface area contributed by atoms with Gasteiger partial charge in [-0.25, -0.2) is 10.0 Å². The smallest absolute Gasteiger partial charge is 0.267 e. The molecule has 0 N–H and O–H groups in total. The Bertz CT molecular complexity index is 759. The van der Waals surface area contributed by atoms with Crippen molar-refractivity contribution in [3.05, 3.63) is 71.3 Å². The fraction of sp³-hybridized carbons (Fsp3) is 0.364. The molecular formula is C22H28N2O2. The first-order valence-electron chi connectivity index (χ1n) is 8.90. The fourth-order valence-electron chi connectivity index (χ4n) is 2.88. The number of hydrogen-bond donors (Lipinski definition) is 0. The lowest BCUT2D eigenvalue weighted by molar-refractivity contribution is -0.0308. The van der Waals surface area contributed by atoms with Crippen LogP contribution in [0.4, 0.5) is 0 Å². The van der Waals surface area contributed by atoms with Crippen molar-refractivity contribution >= 4 is 11.8 Å². The Hall–Kier alpha value is -2.62. The van der Waals surface area contributed by atoms with Crippen molar-refractivity contribution in [2.75, 3.05) is 7.05 Å². The molecule has 2 rings (SSSR count). The van der Waals surface area contributed by atoms with Crippen LogP contribution >= 0.6 is 0 Å². The second-order valence-corrected chi connectivity index (χ2v) is 7.76. The Morgan fingerprint density at radius 1 is 0.808 bits per heavy atom. The van der Waals surface area contributed by atoms with Gasteiger partial charge in [-0.2, -0.15) is 0 Å².